The Hall–Kier alpha value is -2.54. The number of amides is 4. The van der Waals surface area contributed by atoms with Gasteiger partial charge in [0.15, 0.2) is 0 Å². The molecule has 0 saturated heterocycles. The first-order valence-electron chi connectivity index (χ1n) is 9.53. The number of carbonyl (C=O) groups excluding carboxylic acids is 3. The van der Waals surface area contributed by atoms with Crippen LogP contribution in [0.2, 0.25) is 5.02 Å². The molecule has 28 heavy (non-hydrogen) atoms. The molecule has 1 aromatic carbocycles. The number of benzene rings is 1. The molecule has 0 bridgehead atoms. The van der Waals surface area contributed by atoms with Crippen molar-refractivity contribution in [1.82, 2.24) is 20.4 Å². The fraction of sp³-hybridized carbons (Fsp3) is 0.450. The second-order valence-corrected chi connectivity index (χ2v) is 7.95. The molecule has 0 radical (unpaired) electrons. The predicted octanol–water partition coefficient (Wildman–Crippen LogP) is 2.05. The van der Waals surface area contributed by atoms with Gasteiger partial charge < -0.3 is 15.5 Å². The number of rotatable bonds is 6. The summed E-state index contributed by atoms with van der Waals surface area (Å²) in [4.78, 5) is 40.6. The van der Waals surface area contributed by atoms with Crippen molar-refractivity contribution < 1.29 is 14.4 Å². The van der Waals surface area contributed by atoms with E-state index in [1.165, 1.54) is 17.7 Å². The predicted molar refractivity (Wildman–Crippen MR) is 104 cm³/mol. The molecule has 1 atom stereocenters. The number of nitrogens with zero attached hydrogens (tertiary/aromatic N) is 2. The van der Waals surface area contributed by atoms with Crippen molar-refractivity contribution in [1.29, 1.82) is 0 Å². The van der Waals surface area contributed by atoms with Crippen molar-refractivity contribution in [2.45, 2.75) is 25.3 Å². The van der Waals surface area contributed by atoms with E-state index in [-0.39, 0.29) is 24.3 Å². The summed E-state index contributed by atoms with van der Waals surface area (Å²) in [7, 11) is 1.65. The van der Waals surface area contributed by atoms with E-state index in [9.17, 15) is 14.4 Å². The zero-order valence-electron chi connectivity index (χ0n) is 15.7. The Morgan fingerprint density at radius 1 is 1.29 bits per heavy atom. The molecule has 2 N–H and O–H groups in total. The molecule has 3 aliphatic rings. The maximum absolute atomic E-state index is 13.1. The van der Waals surface area contributed by atoms with Crippen molar-refractivity contribution in [3.63, 3.8) is 0 Å². The zero-order valence-corrected chi connectivity index (χ0v) is 16.5. The average molecular weight is 403 g/mol. The summed E-state index contributed by atoms with van der Waals surface area (Å²) in [6.45, 7) is 1.35. The SMILES string of the molecule is CN1C(=O)NC(c2ccccc2Cl)C2=C1CN(CCC(=O)NCC1CC1)C2=O. The van der Waals surface area contributed by atoms with Crippen LogP contribution in [0.15, 0.2) is 35.5 Å². The molecule has 1 aliphatic carbocycles. The van der Waals surface area contributed by atoms with Gasteiger partial charge in [-0.05, 0) is 30.4 Å². The number of halogens is 1. The lowest BCUT2D eigenvalue weighted by atomic mass is 9.95. The van der Waals surface area contributed by atoms with Crippen LogP contribution in [-0.4, -0.2) is 54.3 Å². The Kier molecular flexibility index (Phi) is 5.02. The molecule has 4 amide bonds. The van der Waals surface area contributed by atoms with Crippen LogP contribution >= 0.6 is 11.6 Å². The summed E-state index contributed by atoms with van der Waals surface area (Å²) in [6, 6.07) is 6.32. The highest BCUT2D eigenvalue weighted by molar-refractivity contribution is 6.31. The number of urea groups is 1. The Labute approximate surface area is 168 Å². The van der Waals surface area contributed by atoms with Crippen LogP contribution in [0.25, 0.3) is 0 Å². The highest BCUT2D eigenvalue weighted by atomic mass is 35.5. The fourth-order valence-electron chi connectivity index (χ4n) is 3.65. The fourth-order valence-corrected chi connectivity index (χ4v) is 3.90. The summed E-state index contributed by atoms with van der Waals surface area (Å²) in [6.07, 6.45) is 2.61. The van der Waals surface area contributed by atoms with Crippen molar-refractivity contribution in [2.75, 3.05) is 26.7 Å². The molecule has 1 aromatic rings. The van der Waals surface area contributed by atoms with Crippen molar-refractivity contribution in [3.05, 3.63) is 46.1 Å². The minimum absolute atomic E-state index is 0.0465. The van der Waals surface area contributed by atoms with Crippen LogP contribution in [0.4, 0.5) is 4.79 Å². The van der Waals surface area contributed by atoms with Crippen LogP contribution in [-0.2, 0) is 9.59 Å². The second-order valence-electron chi connectivity index (χ2n) is 7.55. The van der Waals surface area contributed by atoms with E-state index in [0.717, 1.165) is 6.54 Å². The van der Waals surface area contributed by atoms with Gasteiger partial charge in [-0.3, -0.25) is 14.5 Å². The third-order valence-electron chi connectivity index (χ3n) is 5.54. The van der Waals surface area contributed by atoms with Crippen LogP contribution < -0.4 is 10.6 Å². The van der Waals surface area contributed by atoms with Gasteiger partial charge >= 0.3 is 6.03 Å². The van der Waals surface area contributed by atoms with Gasteiger partial charge in [0.25, 0.3) is 5.91 Å². The van der Waals surface area contributed by atoms with Crippen LogP contribution in [0, 0.1) is 5.92 Å². The van der Waals surface area contributed by atoms with Gasteiger partial charge in [-0.15, -0.1) is 0 Å². The molecule has 0 spiro atoms. The normalized spacial score (nSPS) is 21.7. The summed E-state index contributed by atoms with van der Waals surface area (Å²) >= 11 is 6.32. The molecular formula is C20H23ClN4O3. The minimum atomic E-state index is -0.589. The van der Waals surface area contributed by atoms with Gasteiger partial charge in [-0.2, -0.15) is 0 Å². The Bertz CT molecular complexity index is 865. The largest absolute Gasteiger partial charge is 0.356 e. The topological polar surface area (TPSA) is 81.8 Å². The number of carbonyl (C=O) groups is 3. The number of likely N-dealkylation sites (N-methyl/N-ethyl adjacent to an activating group) is 1. The van der Waals surface area contributed by atoms with E-state index in [1.807, 2.05) is 12.1 Å². The first kappa shape index (κ1) is 18.8. The molecule has 2 aliphatic heterocycles. The van der Waals surface area contributed by atoms with Crippen molar-refractivity contribution in [3.8, 4) is 0 Å². The van der Waals surface area contributed by atoms with Crippen LogP contribution in [0.5, 0.6) is 0 Å². The summed E-state index contributed by atoms with van der Waals surface area (Å²) < 4.78 is 0. The molecule has 7 nitrogen and oxygen atoms in total. The van der Waals surface area contributed by atoms with Gasteiger partial charge in [-0.1, -0.05) is 29.8 Å². The maximum Gasteiger partial charge on any atom is 0.322 e. The van der Waals surface area contributed by atoms with Crippen LogP contribution in [0.3, 0.4) is 0 Å². The van der Waals surface area contributed by atoms with Gasteiger partial charge in [-0.25, -0.2) is 4.79 Å². The lowest BCUT2D eigenvalue weighted by Gasteiger charge is -2.31. The third-order valence-corrected chi connectivity index (χ3v) is 5.89. The number of hydrogen-bond donors (Lipinski definition) is 2. The molecule has 2 heterocycles. The standard InChI is InChI=1S/C20H23ClN4O3/c1-24-15-11-25(9-8-16(26)22-10-12-6-7-12)19(27)17(15)18(23-20(24)28)13-4-2-3-5-14(13)21/h2-5,12,18H,6-11H2,1H3,(H,22,26)(H,23,28). The monoisotopic (exact) mass is 402 g/mol. The second kappa shape index (κ2) is 7.47. The zero-order chi connectivity index (χ0) is 19.8. The summed E-state index contributed by atoms with van der Waals surface area (Å²) in [5, 5.41) is 6.28. The smallest absolute Gasteiger partial charge is 0.322 e. The molecule has 1 saturated carbocycles. The van der Waals surface area contributed by atoms with E-state index in [1.54, 1.807) is 24.1 Å². The maximum atomic E-state index is 13.1. The Morgan fingerprint density at radius 3 is 2.75 bits per heavy atom. The molecule has 1 fully saturated rings. The first-order chi connectivity index (χ1) is 13.5. The van der Waals surface area contributed by atoms with E-state index in [4.69, 9.17) is 11.6 Å². The van der Waals surface area contributed by atoms with Crippen LogP contribution in [0.1, 0.15) is 30.9 Å². The van der Waals surface area contributed by atoms with Gasteiger partial charge in [0, 0.05) is 31.6 Å². The van der Waals surface area contributed by atoms with Crippen molar-refractivity contribution in [2.24, 2.45) is 5.92 Å². The average Bonchev–Trinajstić information content (AvgIpc) is 3.45. The Morgan fingerprint density at radius 2 is 2.04 bits per heavy atom. The van der Waals surface area contributed by atoms with Crippen molar-refractivity contribution >= 4 is 29.4 Å². The highest BCUT2D eigenvalue weighted by Crippen LogP contribution is 2.37. The number of hydrogen-bond acceptors (Lipinski definition) is 3. The van der Waals surface area contributed by atoms with Gasteiger partial charge in [0.2, 0.25) is 5.91 Å². The van der Waals surface area contributed by atoms with Gasteiger partial charge in [0.05, 0.1) is 23.9 Å². The molecule has 148 valence electrons. The third kappa shape index (κ3) is 3.58. The first-order valence-corrected chi connectivity index (χ1v) is 9.91. The quantitative estimate of drug-likeness (QED) is 0.764. The Balaban J connectivity index is 1.49. The summed E-state index contributed by atoms with van der Waals surface area (Å²) in [5.41, 5.74) is 1.88. The van der Waals surface area contributed by atoms with Gasteiger partial charge in [0.1, 0.15) is 0 Å². The van der Waals surface area contributed by atoms with E-state index < -0.39 is 6.04 Å². The number of nitrogens with one attached hydrogen (secondary N) is 2. The molecule has 0 aromatic heterocycles. The van der Waals surface area contributed by atoms with E-state index >= 15 is 0 Å². The molecule has 4 rings (SSSR count). The lowest BCUT2D eigenvalue weighted by molar-refractivity contribution is -0.127. The van der Waals surface area contributed by atoms with E-state index in [0.29, 0.717) is 40.9 Å². The highest BCUT2D eigenvalue weighted by Gasteiger charge is 2.43. The molecule has 1 unspecified atom stereocenters. The lowest BCUT2D eigenvalue weighted by Crippen LogP contribution is -2.45. The molecular weight excluding hydrogens is 380 g/mol. The minimum Gasteiger partial charge on any atom is -0.356 e. The van der Waals surface area contributed by atoms with E-state index in [2.05, 4.69) is 10.6 Å². The summed E-state index contributed by atoms with van der Waals surface area (Å²) in [5.74, 6) is 0.407. The molecule has 8 heteroatoms.